The summed E-state index contributed by atoms with van der Waals surface area (Å²) in [5.74, 6) is -0.333. The number of fused-ring (bicyclic) bond motifs is 1. The van der Waals surface area contributed by atoms with E-state index in [1.807, 2.05) is 0 Å². The van der Waals surface area contributed by atoms with Crippen LogP contribution in [-0.4, -0.2) is 26.2 Å². The standard InChI is InChI=1S/C18H14N6O2/c19-15-2-1-13(7-14(15)17(20)11-4-6-26-10-11)23-18(25)12-8-21-16-3-5-22-24(16)9-12/h1-10,20H,19H2,(H,23,25). The summed E-state index contributed by atoms with van der Waals surface area (Å²) in [6.07, 6.45) is 7.65. The first kappa shape index (κ1) is 15.6. The Kier molecular flexibility index (Phi) is 3.70. The summed E-state index contributed by atoms with van der Waals surface area (Å²) in [5.41, 5.74) is 9.29. The molecular weight excluding hydrogens is 332 g/mol. The van der Waals surface area contributed by atoms with Crippen molar-refractivity contribution in [3.05, 3.63) is 78.1 Å². The Morgan fingerprint density at radius 3 is 2.92 bits per heavy atom. The zero-order chi connectivity index (χ0) is 18.1. The Bertz CT molecular complexity index is 1110. The van der Waals surface area contributed by atoms with Crippen LogP contribution < -0.4 is 11.1 Å². The minimum atomic E-state index is -0.333. The molecule has 3 heterocycles. The predicted octanol–water partition coefficient (Wildman–Crippen LogP) is 2.57. The largest absolute Gasteiger partial charge is 0.472 e. The van der Waals surface area contributed by atoms with Gasteiger partial charge in [-0.25, -0.2) is 9.50 Å². The van der Waals surface area contributed by atoms with E-state index in [9.17, 15) is 4.79 Å². The average Bonchev–Trinajstić information content (AvgIpc) is 3.33. The summed E-state index contributed by atoms with van der Waals surface area (Å²) in [4.78, 5) is 16.7. The van der Waals surface area contributed by atoms with Crippen LogP contribution in [0, 0.1) is 5.41 Å². The minimum Gasteiger partial charge on any atom is -0.472 e. The molecule has 128 valence electrons. The van der Waals surface area contributed by atoms with Gasteiger partial charge >= 0.3 is 0 Å². The fourth-order valence-corrected chi connectivity index (χ4v) is 2.54. The van der Waals surface area contributed by atoms with Gasteiger partial charge in [0.1, 0.15) is 0 Å². The van der Waals surface area contributed by atoms with Crippen LogP contribution >= 0.6 is 0 Å². The molecule has 8 nitrogen and oxygen atoms in total. The molecule has 0 aliphatic rings. The Morgan fingerprint density at radius 1 is 1.23 bits per heavy atom. The molecule has 3 aromatic heterocycles. The molecule has 0 fully saturated rings. The highest BCUT2D eigenvalue weighted by molar-refractivity contribution is 6.14. The number of carbonyl (C=O) groups is 1. The Balaban J connectivity index is 1.60. The van der Waals surface area contributed by atoms with Crippen molar-refractivity contribution in [2.24, 2.45) is 0 Å². The number of nitrogens with two attached hydrogens (primary N) is 1. The summed E-state index contributed by atoms with van der Waals surface area (Å²) >= 11 is 0. The van der Waals surface area contributed by atoms with E-state index in [4.69, 9.17) is 15.6 Å². The fourth-order valence-electron chi connectivity index (χ4n) is 2.54. The second-order valence-corrected chi connectivity index (χ2v) is 5.62. The van der Waals surface area contributed by atoms with Crippen LogP contribution in [0.3, 0.4) is 0 Å². The summed E-state index contributed by atoms with van der Waals surface area (Å²) in [5, 5.41) is 15.1. The highest BCUT2D eigenvalue weighted by Gasteiger charge is 2.13. The SMILES string of the molecule is N=C(c1ccoc1)c1cc(NC(=O)c2cnc3ccnn3c2)ccc1N. The number of nitrogens with zero attached hydrogens (tertiary/aromatic N) is 3. The number of amides is 1. The quantitative estimate of drug-likeness (QED) is 0.387. The van der Waals surface area contributed by atoms with Gasteiger partial charge in [0.2, 0.25) is 0 Å². The molecule has 4 rings (SSSR count). The van der Waals surface area contributed by atoms with Crippen LogP contribution in [0.1, 0.15) is 21.5 Å². The van der Waals surface area contributed by atoms with Gasteiger partial charge in [-0.2, -0.15) is 5.10 Å². The third kappa shape index (κ3) is 2.80. The van der Waals surface area contributed by atoms with E-state index in [1.54, 1.807) is 42.7 Å². The highest BCUT2D eigenvalue weighted by atomic mass is 16.3. The third-order valence-corrected chi connectivity index (χ3v) is 3.90. The van der Waals surface area contributed by atoms with Crippen molar-refractivity contribution in [2.75, 3.05) is 11.1 Å². The topological polar surface area (TPSA) is 122 Å². The number of hydrogen-bond acceptors (Lipinski definition) is 6. The lowest BCUT2D eigenvalue weighted by molar-refractivity contribution is 0.102. The molecule has 0 spiro atoms. The molecule has 8 heteroatoms. The molecule has 1 amide bonds. The maximum Gasteiger partial charge on any atom is 0.258 e. The fraction of sp³-hybridized carbons (Fsp3) is 0. The Hall–Kier alpha value is -3.94. The first-order chi connectivity index (χ1) is 12.6. The molecule has 0 saturated heterocycles. The number of nitrogen functional groups attached to an aromatic ring is 1. The van der Waals surface area contributed by atoms with Gasteiger partial charge < -0.3 is 15.5 Å². The van der Waals surface area contributed by atoms with Crippen LogP contribution in [0.25, 0.3) is 5.65 Å². The van der Waals surface area contributed by atoms with Crippen molar-refractivity contribution in [3.8, 4) is 0 Å². The molecule has 0 radical (unpaired) electrons. The van der Waals surface area contributed by atoms with Gasteiger partial charge in [-0.05, 0) is 24.3 Å². The van der Waals surface area contributed by atoms with E-state index in [0.717, 1.165) is 0 Å². The monoisotopic (exact) mass is 346 g/mol. The van der Waals surface area contributed by atoms with Crippen molar-refractivity contribution in [3.63, 3.8) is 0 Å². The molecular formula is C18H14N6O2. The minimum absolute atomic E-state index is 0.215. The highest BCUT2D eigenvalue weighted by Crippen LogP contribution is 2.22. The first-order valence-electron chi connectivity index (χ1n) is 7.73. The maximum absolute atomic E-state index is 12.5. The normalized spacial score (nSPS) is 10.8. The summed E-state index contributed by atoms with van der Waals surface area (Å²) < 4.78 is 6.54. The van der Waals surface area contributed by atoms with Gasteiger partial charge in [-0.1, -0.05) is 0 Å². The number of anilines is 2. The van der Waals surface area contributed by atoms with Crippen molar-refractivity contribution in [1.82, 2.24) is 14.6 Å². The second kappa shape index (κ2) is 6.17. The summed E-state index contributed by atoms with van der Waals surface area (Å²) in [6.45, 7) is 0. The molecule has 0 aliphatic carbocycles. The van der Waals surface area contributed by atoms with Crippen molar-refractivity contribution in [2.45, 2.75) is 0 Å². The lowest BCUT2D eigenvalue weighted by Gasteiger charge is -2.10. The van der Waals surface area contributed by atoms with Crippen LogP contribution in [0.4, 0.5) is 11.4 Å². The maximum atomic E-state index is 12.5. The van der Waals surface area contributed by atoms with Gasteiger partial charge in [-0.3, -0.25) is 10.2 Å². The Labute approximate surface area is 147 Å². The zero-order valence-corrected chi connectivity index (χ0v) is 13.5. The van der Waals surface area contributed by atoms with E-state index in [0.29, 0.717) is 33.7 Å². The zero-order valence-electron chi connectivity index (χ0n) is 13.5. The molecule has 0 aliphatic heterocycles. The molecule has 4 N–H and O–H groups in total. The van der Waals surface area contributed by atoms with E-state index >= 15 is 0 Å². The van der Waals surface area contributed by atoms with Crippen LogP contribution in [0.15, 0.2) is 65.9 Å². The Morgan fingerprint density at radius 2 is 2.12 bits per heavy atom. The van der Waals surface area contributed by atoms with Crippen LogP contribution in [0.5, 0.6) is 0 Å². The molecule has 26 heavy (non-hydrogen) atoms. The lowest BCUT2D eigenvalue weighted by Crippen LogP contribution is -2.14. The van der Waals surface area contributed by atoms with Crippen molar-refractivity contribution in [1.29, 1.82) is 5.41 Å². The van der Waals surface area contributed by atoms with E-state index in [2.05, 4.69) is 15.4 Å². The van der Waals surface area contributed by atoms with Crippen molar-refractivity contribution < 1.29 is 9.21 Å². The second-order valence-electron chi connectivity index (χ2n) is 5.62. The third-order valence-electron chi connectivity index (χ3n) is 3.90. The molecule has 0 bridgehead atoms. The number of carbonyl (C=O) groups excluding carboxylic acids is 1. The smallest absolute Gasteiger partial charge is 0.258 e. The van der Waals surface area contributed by atoms with Gasteiger partial charge in [0.15, 0.2) is 5.65 Å². The van der Waals surface area contributed by atoms with Gasteiger partial charge in [0.05, 0.1) is 30.0 Å². The van der Waals surface area contributed by atoms with E-state index < -0.39 is 0 Å². The lowest BCUT2D eigenvalue weighted by atomic mass is 10.0. The van der Waals surface area contributed by atoms with Crippen LogP contribution in [0.2, 0.25) is 0 Å². The molecule has 0 saturated carbocycles. The van der Waals surface area contributed by atoms with Crippen molar-refractivity contribution >= 4 is 28.6 Å². The number of benzene rings is 1. The molecule has 0 atom stereocenters. The van der Waals surface area contributed by atoms with Gasteiger partial charge in [-0.15, -0.1) is 0 Å². The number of aromatic nitrogens is 3. The van der Waals surface area contributed by atoms with E-state index in [1.165, 1.54) is 23.2 Å². The molecule has 0 unspecified atom stereocenters. The van der Waals surface area contributed by atoms with Gasteiger partial charge in [0.25, 0.3) is 5.91 Å². The number of rotatable bonds is 4. The molecule has 1 aromatic carbocycles. The number of nitrogens with one attached hydrogen (secondary N) is 2. The predicted molar refractivity (Wildman–Crippen MR) is 96.4 cm³/mol. The number of hydrogen-bond donors (Lipinski definition) is 3. The van der Waals surface area contributed by atoms with Crippen LogP contribution in [-0.2, 0) is 0 Å². The van der Waals surface area contributed by atoms with Gasteiger partial charge in [0, 0.05) is 41.0 Å². The molecule has 4 aromatic rings. The average molecular weight is 346 g/mol. The summed E-state index contributed by atoms with van der Waals surface area (Å²) in [6, 6.07) is 8.41. The number of furan rings is 1. The van der Waals surface area contributed by atoms with E-state index in [-0.39, 0.29) is 11.6 Å². The summed E-state index contributed by atoms with van der Waals surface area (Å²) in [7, 11) is 0. The first-order valence-corrected chi connectivity index (χ1v) is 7.73.